The number of hydrogen-bond donors (Lipinski definition) is 2. The number of carbonyl (C=O) groups is 3. The Kier molecular flexibility index (Phi) is 10.4. The number of carbonyl (C=O) groups excluding carboxylic acids is 3. The van der Waals surface area contributed by atoms with Crippen LogP contribution in [0.1, 0.15) is 30.7 Å². The lowest BCUT2D eigenvalue weighted by molar-refractivity contribution is -0.146. The van der Waals surface area contributed by atoms with Crippen LogP contribution >= 0.6 is 11.3 Å². The van der Waals surface area contributed by atoms with Gasteiger partial charge in [0.15, 0.2) is 0 Å². The highest BCUT2D eigenvalue weighted by Crippen LogP contribution is 2.21. The van der Waals surface area contributed by atoms with Crippen molar-refractivity contribution >= 4 is 39.8 Å². The van der Waals surface area contributed by atoms with Crippen LogP contribution in [0, 0.1) is 0 Å². The van der Waals surface area contributed by atoms with Crippen LogP contribution in [0.5, 0.6) is 0 Å². The molecule has 0 saturated carbocycles. The second-order valence-electron chi connectivity index (χ2n) is 10.5. The lowest BCUT2D eigenvalue weighted by Gasteiger charge is -2.34. The lowest BCUT2D eigenvalue weighted by Crippen LogP contribution is -2.55. The minimum absolute atomic E-state index is 0.154. The van der Waals surface area contributed by atoms with Gasteiger partial charge in [-0.05, 0) is 61.2 Å². The number of thiophene rings is 1. The SMILES string of the molecule is CNC(=O)[C@@H](Cc1cccs1)N(C)C(=O)[C@@H](Cc1ccc2ccccc2c1)N(C)C(=O)/C=C/CC(C)(C)NC. The van der Waals surface area contributed by atoms with Gasteiger partial charge in [-0.1, -0.05) is 54.6 Å². The minimum atomic E-state index is -0.791. The number of nitrogens with zero attached hydrogens (tertiary/aromatic N) is 2. The van der Waals surface area contributed by atoms with Crippen molar-refractivity contribution in [1.29, 1.82) is 0 Å². The summed E-state index contributed by atoms with van der Waals surface area (Å²) in [6.45, 7) is 4.11. The first-order chi connectivity index (χ1) is 18.6. The summed E-state index contributed by atoms with van der Waals surface area (Å²) in [5.41, 5.74) is 0.786. The Morgan fingerprint density at radius 2 is 1.64 bits per heavy atom. The van der Waals surface area contributed by atoms with E-state index in [2.05, 4.69) is 30.5 Å². The molecule has 0 bridgehead atoms. The highest BCUT2D eigenvalue weighted by Gasteiger charge is 2.34. The van der Waals surface area contributed by atoms with Crippen LogP contribution in [-0.2, 0) is 27.2 Å². The van der Waals surface area contributed by atoms with Crippen LogP contribution in [0.25, 0.3) is 10.8 Å². The van der Waals surface area contributed by atoms with E-state index in [9.17, 15) is 14.4 Å². The Hall–Kier alpha value is -3.49. The summed E-state index contributed by atoms with van der Waals surface area (Å²) in [4.78, 5) is 44.2. The van der Waals surface area contributed by atoms with E-state index in [1.807, 2.05) is 67.0 Å². The van der Waals surface area contributed by atoms with E-state index in [4.69, 9.17) is 0 Å². The first-order valence-electron chi connectivity index (χ1n) is 13.2. The Morgan fingerprint density at radius 1 is 0.923 bits per heavy atom. The Balaban J connectivity index is 1.91. The normalized spacial score (nSPS) is 13.3. The molecule has 3 rings (SSSR count). The van der Waals surface area contributed by atoms with E-state index in [0.717, 1.165) is 21.2 Å². The number of fused-ring (bicyclic) bond motifs is 1. The summed E-state index contributed by atoms with van der Waals surface area (Å²) in [5, 5.41) is 10.0. The average molecular weight is 549 g/mol. The molecule has 0 spiro atoms. The van der Waals surface area contributed by atoms with Gasteiger partial charge in [0.05, 0.1) is 0 Å². The average Bonchev–Trinajstić information content (AvgIpc) is 3.46. The Bertz CT molecular complexity index is 1300. The smallest absolute Gasteiger partial charge is 0.246 e. The number of amides is 3. The van der Waals surface area contributed by atoms with Crippen molar-refractivity contribution in [3.05, 3.63) is 82.6 Å². The predicted molar refractivity (Wildman–Crippen MR) is 160 cm³/mol. The van der Waals surface area contributed by atoms with Gasteiger partial charge in [0.25, 0.3) is 0 Å². The molecule has 39 heavy (non-hydrogen) atoms. The van der Waals surface area contributed by atoms with Crippen molar-refractivity contribution < 1.29 is 14.4 Å². The summed E-state index contributed by atoms with van der Waals surface area (Å²) < 4.78 is 0. The third kappa shape index (κ3) is 8.00. The minimum Gasteiger partial charge on any atom is -0.357 e. The lowest BCUT2D eigenvalue weighted by atomic mass is 9.99. The maximum Gasteiger partial charge on any atom is 0.246 e. The molecule has 7 nitrogen and oxygen atoms in total. The molecule has 208 valence electrons. The summed E-state index contributed by atoms with van der Waals surface area (Å²) in [7, 11) is 6.75. The zero-order valence-corrected chi connectivity index (χ0v) is 24.5. The van der Waals surface area contributed by atoms with Crippen LogP contribution in [-0.4, -0.2) is 73.3 Å². The highest BCUT2D eigenvalue weighted by atomic mass is 32.1. The van der Waals surface area contributed by atoms with Gasteiger partial charge in [-0.15, -0.1) is 11.3 Å². The molecule has 3 aromatic rings. The van der Waals surface area contributed by atoms with Gasteiger partial charge >= 0.3 is 0 Å². The summed E-state index contributed by atoms with van der Waals surface area (Å²) in [6.07, 6.45) is 4.75. The monoisotopic (exact) mass is 548 g/mol. The van der Waals surface area contributed by atoms with E-state index in [-0.39, 0.29) is 23.3 Å². The van der Waals surface area contributed by atoms with Crippen LogP contribution in [0.15, 0.2) is 72.1 Å². The predicted octanol–water partition coefficient (Wildman–Crippen LogP) is 4.03. The molecule has 2 atom stereocenters. The van der Waals surface area contributed by atoms with Gasteiger partial charge in [0.1, 0.15) is 12.1 Å². The first kappa shape index (κ1) is 30.1. The molecular formula is C31H40N4O3S. The van der Waals surface area contributed by atoms with Gasteiger partial charge in [-0.25, -0.2) is 0 Å². The standard InChI is InChI=1S/C31H40N4O3S/c1-31(2,33-4)17-9-14-28(36)34(5)27(20-22-15-16-23-11-7-8-12-24(23)19-22)30(38)35(6)26(29(37)32-3)21-25-13-10-18-39-25/h7-16,18-19,26-27,33H,17,20-21H2,1-6H3,(H,32,37)/b14-9+/t26-,27-/m1/s1. The van der Waals surface area contributed by atoms with E-state index < -0.39 is 12.1 Å². The van der Waals surface area contributed by atoms with E-state index in [0.29, 0.717) is 19.3 Å². The fraction of sp³-hybridized carbons (Fsp3) is 0.387. The third-order valence-electron chi connectivity index (χ3n) is 7.25. The number of nitrogens with one attached hydrogen (secondary N) is 2. The molecule has 0 unspecified atom stereocenters. The summed E-state index contributed by atoms with van der Waals surface area (Å²) >= 11 is 1.55. The van der Waals surface area contributed by atoms with Gasteiger partial charge in [0.2, 0.25) is 17.7 Å². The molecule has 0 aliphatic heterocycles. The summed E-state index contributed by atoms with van der Waals surface area (Å²) in [5.74, 6) is -0.788. The second-order valence-corrected chi connectivity index (χ2v) is 11.5. The Labute approximate surface area is 235 Å². The number of hydrogen-bond acceptors (Lipinski definition) is 5. The van der Waals surface area contributed by atoms with E-state index in [1.165, 1.54) is 15.9 Å². The summed E-state index contributed by atoms with van der Waals surface area (Å²) in [6, 6.07) is 16.5. The molecule has 0 aliphatic rings. The molecular weight excluding hydrogens is 508 g/mol. The van der Waals surface area contributed by atoms with E-state index >= 15 is 0 Å². The van der Waals surface area contributed by atoms with Crippen LogP contribution < -0.4 is 10.6 Å². The maximum absolute atomic E-state index is 14.0. The highest BCUT2D eigenvalue weighted by molar-refractivity contribution is 7.09. The van der Waals surface area contributed by atoms with Gasteiger partial charge < -0.3 is 20.4 Å². The topological polar surface area (TPSA) is 81.8 Å². The van der Waals surface area contributed by atoms with Crippen LogP contribution in [0.2, 0.25) is 0 Å². The van der Waals surface area contributed by atoms with E-state index in [1.54, 1.807) is 32.5 Å². The first-order valence-corrected chi connectivity index (χ1v) is 14.0. The van der Waals surface area contributed by atoms with Crippen molar-refractivity contribution in [1.82, 2.24) is 20.4 Å². The molecule has 2 aromatic carbocycles. The molecule has 0 saturated heterocycles. The number of benzene rings is 2. The van der Waals surface area contributed by atoms with Crippen molar-refractivity contribution in [2.45, 2.75) is 50.7 Å². The van der Waals surface area contributed by atoms with Gasteiger partial charge in [-0.2, -0.15) is 0 Å². The number of rotatable bonds is 12. The van der Waals surface area contributed by atoms with Crippen molar-refractivity contribution in [3.8, 4) is 0 Å². The molecule has 0 aliphatic carbocycles. The molecule has 1 aromatic heterocycles. The van der Waals surface area contributed by atoms with Crippen LogP contribution in [0.4, 0.5) is 0 Å². The van der Waals surface area contributed by atoms with Gasteiger partial charge in [0, 0.05) is 44.4 Å². The quantitative estimate of drug-likeness (QED) is 0.335. The number of likely N-dealkylation sites (N-methyl/N-ethyl adjacent to an activating group) is 3. The largest absolute Gasteiger partial charge is 0.357 e. The molecule has 0 fully saturated rings. The molecule has 3 amide bonds. The molecule has 2 N–H and O–H groups in total. The Morgan fingerprint density at radius 3 is 2.28 bits per heavy atom. The van der Waals surface area contributed by atoms with Crippen molar-refractivity contribution in [2.24, 2.45) is 0 Å². The second kappa shape index (κ2) is 13.5. The molecule has 8 heteroatoms. The zero-order valence-electron chi connectivity index (χ0n) is 23.7. The molecule has 0 radical (unpaired) electrons. The van der Waals surface area contributed by atoms with Crippen molar-refractivity contribution in [3.63, 3.8) is 0 Å². The fourth-order valence-electron chi connectivity index (χ4n) is 4.39. The van der Waals surface area contributed by atoms with Crippen molar-refractivity contribution in [2.75, 3.05) is 28.2 Å². The third-order valence-corrected chi connectivity index (χ3v) is 8.15. The van der Waals surface area contributed by atoms with Gasteiger partial charge in [-0.3, -0.25) is 14.4 Å². The van der Waals surface area contributed by atoms with Crippen LogP contribution in [0.3, 0.4) is 0 Å². The maximum atomic E-state index is 14.0. The molecule has 1 heterocycles. The fourth-order valence-corrected chi connectivity index (χ4v) is 5.13. The zero-order chi connectivity index (χ0) is 28.6.